The van der Waals surface area contributed by atoms with E-state index in [9.17, 15) is 0 Å². The Morgan fingerprint density at radius 3 is 2.78 bits per heavy atom. The van der Waals surface area contributed by atoms with E-state index < -0.39 is 0 Å². The Hall–Kier alpha value is -1.07. The average molecular weight is 250 g/mol. The van der Waals surface area contributed by atoms with E-state index in [1.54, 1.807) is 7.11 Å². The molecule has 0 spiro atoms. The third-order valence-corrected chi connectivity index (χ3v) is 4.08. The molecule has 2 aliphatic rings. The number of nitrogens with zero attached hydrogens (tertiary/aromatic N) is 3. The fourth-order valence-electron chi connectivity index (χ4n) is 3.16. The van der Waals surface area contributed by atoms with E-state index in [1.807, 2.05) is 0 Å². The van der Waals surface area contributed by atoms with Gasteiger partial charge in [-0.3, -0.25) is 0 Å². The topological polar surface area (TPSA) is 42.3 Å². The van der Waals surface area contributed by atoms with Crippen molar-refractivity contribution in [1.29, 1.82) is 0 Å². The minimum atomic E-state index is 0.741. The smallest absolute Gasteiger partial charge is 0.205 e. The van der Waals surface area contributed by atoms with Gasteiger partial charge in [0.05, 0.1) is 12.3 Å². The number of aromatic nitrogens is 2. The van der Waals surface area contributed by atoms with E-state index in [4.69, 9.17) is 4.74 Å². The minimum Gasteiger partial charge on any atom is -0.383 e. The molecule has 2 fully saturated rings. The van der Waals surface area contributed by atoms with E-state index in [0.29, 0.717) is 0 Å². The molecule has 0 amide bonds. The highest BCUT2D eigenvalue weighted by Gasteiger charge is 2.37. The number of methoxy groups -OCH3 is 1. The summed E-state index contributed by atoms with van der Waals surface area (Å²) in [6.07, 6.45) is 2.13. The number of aryl methyl sites for hydroxylation is 1. The fraction of sp³-hybridized carbons (Fsp3) is 0.769. The van der Waals surface area contributed by atoms with Crippen LogP contribution in [0.15, 0.2) is 6.20 Å². The van der Waals surface area contributed by atoms with E-state index in [-0.39, 0.29) is 0 Å². The number of hydrogen-bond donors (Lipinski definition) is 1. The second-order valence-electron chi connectivity index (χ2n) is 5.45. The van der Waals surface area contributed by atoms with Crippen molar-refractivity contribution in [2.45, 2.75) is 13.5 Å². The summed E-state index contributed by atoms with van der Waals surface area (Å²) in [5.41, 5.74) is 1.09. The number of fused-ring (bicyclic) bond motifs is 1. The normalized spacial score (nSPS) is 26.9. The number of ether oxygens (including phenoxy) is 1. The molecule has 3 heterocycles. The highest BCUT2D eigenvalue weighted by molar-refractivity contribution is 5.36. The first kappa shape index (κ1) is 12.0. The maximum Gasteiger partial charge on any atom is 0.205 e. The maximum atomic E-state index is 5.17. The number of anilines is 1. The van der Waals surface area contributed by atoms with E-state index in [0.717, 1.165) is 49.7 Å². The van der Waals surface area contributed by atoms with Crippen molar-refractivity contribution in [3.8, 4) is 0 Å². The van der Waals surface area contributed by atoms with Crippen LogP contribution in [0.25, 0.3) is 0 Å². The summed E-state index contributed by atoms with van der Waals surface area (Å²) in [5, 5.41) is 3.48. The third-order valence-electron chi connectivity index (χ3n) is 4.08. The van der Waals surface area contributed by atoms with Crippen LogP contribution in [0.2, 0.25) is 0 Å². The zero-order valence-corrected chi connectivity index (χ0v) is 11.2. The highest BCUT2D eigenvalue weighted by Crippen LogP contribution is 2.30. The highest BCUT2D eigenvalue weighted by atomic mass is 16.5. The average Bonchev–Trinajstić information content (AvgIpc) is 2.98. The summed E-state index contributed by atoms with van der Waals surface area (Å²) in [6, 6.07) is 0. The molecule has 2 saturated heterocycles. The van der Waals surface area contributed by atoms with Gasteiger partial charge >= 0.3 is 0 Å². The lowest BCUT2D eigenvalue weighted by molar-refractivity contribution is 0.187. The molecular weight excluding hydrogens is 228 g/mol. The van der Waals surface area contributed by atoms with Crippen molar-refractivity contribution in [3.63, 3.8) is 0 Å². The van der Waals surface area contributed by atoms with Crippen molar-refractivity contribution in [1.82, 2.24) is 14.9 Å². The predicted molar refractivity (Wildman–Crippen MR) is 70.9 cm³/mol. The molecule has 18 heavy (non-hydrogen) atoms. The SMILES string of the molecule is COCCn1cc(C)nc1N1CC2CNCC2C1. The molecule has 2 atom stereocenters. The van der Waals surface area contributed by atoms with Crippen molar-refractivity contribution >= 4 is 5.95 Å². The van der Waals surface area contributed by atoms with Crippen molar-refractivity contribution in [3.05, 3.63) is 11.9 Å². The minimum absolute atomic E-state index is 0.741. The van der Waals surface area contributed by atoms with Crippen LogP contribution in [0.4, 0.5) is 5.95 Å². The molecule has 1 aromatic rings. The molecule has 0 radical (unpaired) electrons. The molecule has 5 nitrogen and oxygen atoms in total. The molecule has 0 aromatic carbocycles. The van der Waals surface area contributed by atoms with Gasteiger partial charge in [-0.1, -0.05) is 0 Å². The Bertz CT molecular complexity index is 405. The largest absolute Gasteiger partial charge is 0.383 e. The van der Waals surface area contributed by atoms with Crippen LogP contribution < -0.4 is 10.2 Å². The Morgan fingerprint density at radius 2 is 2.11 bits per heavy atom. The molecule has 0 saturated carbocycles. The second-order valence-corrected chi connectivity index (χ2v) is 5.45. The summed E-state index contributed by atoms with van der Waals surface area (Å²) in [7, 11) is 1.75. The quantitative estimate of drug-likeness (QED) is 0.845. The van der Waals surface area contributed by atoms with Gasteiger partial charge < -0.3 is 19.5 Å². The van der Waals surface area contributed by atoms with Crippen LogP contribution in [-0.4, -0.2) is 49.4 Å². The van der Waals surface area contributed by atoms with Gasteiger partial charge in [-0.15, -0.1) is 0 Å². The summed E-state index contributed by atoms with van der Waals surface area (Å²) >= 11 is 0. The Kier molecular flexibility index (Phi) is 3.26. The van der Waals surface area contributed by atoms with Crippen molar-refractivity contribution in [2.75, 3.05) is 44.8 Å². The molecule has 2 unspecified atom stereocenters. The number of nitrogens with one attached hydrogen (secondary N) is 1. The van der Waals surface area contributed by atoms with Crippen LogP contribution >= 0.6 is 0 Å². The lowest BCUT2D eigenvalue weighted by Crippen LogP contribution is -2.28. The molecule has 100 valence electrons. The molecule has 2 aliphatic heterocycles. The Morgan fingerprint density at radius 1 is 1.39 bits per heavy atom. The summed E-state index contributed by atoms with van der Waals surface area (Å²) < 4.78 is 7.40. The Balaban J connectivity index is 1.75. The molecule has 0 aliphatic carbocycles. The van der Waals surface area contributed by atoms with Crippen LogP contribution in [0.3, 0.4) is 0 Å². The van der Waals surface area contributed by atoms with Gasteiger partial charge in [0, 0.05) is 46.0 Å². The number of rotatable bonds is 4. The van der Waals surface area contributed by atoms with Gasteiger partial charge in [-0.2, -0.15) is 0 Å². The first-order valence-electron chi connectivity index (χ1n) is 6.76. The molecule has 1 N–H and O–H groups in total. The van der Waals surface area contributed by atoms with Gasteiger partial charge in [-0.25, -0.2) is 4.98 Å². The first-order valence-corrected chi connectivity index (χ1v) is 6.76. The maximum absolute atomic E-state index is 5.17. The number of hydrogen-bond acceptors (Lipinski definition) is 4. The fourth-order valence-corrected chi connectivity index (χ4v) is 3.16. The van der Waals surface area contributed by atoms with E-state index in [1.165, 1.54) is 13.1 Å². The Labute approximate surface area is 108 Å². The number of imidazole rings is 1. The molecule has 1 aromatic heterocycles. The van der Waals surface area contributed by atoms with Crippen LogP contribution in [0.5, 0.6) is 0 Å². The molecular formula is C13H22N4O. The van der Waals surface area contributed by atoms with Gasteiger partial charge in [0.2, 0.25) is 5.95 Å². The lowest BCUT2D eigenvalue weighted by atomic mass is 10.0. The van der Waals surface area contributed by atoms with Crippen LogP contribution in [0, 0.1) is 18.8 Å². The molecule has 3 rings (SSSR count). The van der Waals surface area contributed by atoms with Crippen molar-refractivity contribution < 1.29 is 4.74 Å². The molecule has 5 heteroatoms. The van der Waals surface area contributed by atoms with Gasteiger partial charge in [0.25, 0.3) is 0 Å². The van der Waals surface area contributed by atoms with Gasteiger partial charge in [-0.05, 0) is 18.8 Å². The van der Waals surface area contributed by atoms with E-state index in [2.05, 4.69) is 32.9 Å². The lowest BCUT2D eigenvalue weighted by Gasteiger charge is -2.19. The molecule has 0 bridgehead atoms. The standard InChI is InChI=1S/C13H22N4O/c1-10-7-16(3-4-18-2)13(15-10)17-8-11-5-14-6-12(11)9-17/h7,11-12,14H,3-6,8-9H2,1-2H3. The van der Waals surface area contributed by atoms with E-state index >= 15 is 0 Å². The summed E-state index contributed by atoms with van der Waals surface area (Å²) in [5.74, 6) is 2.73. The second kappa shape index (κ2) is 4.90. The first-order chi connectivity index (χ1) is 8.78. The van der Waals surface area contributed by atoms with Gasteiger partial charge in [0.1, 0.15) is 0 Å². The zero-order valence-electron chi connectivity index (χ0n) is 11.2. The van der Waals surface area contributed by atoms with Crippen molar-refractivity contribution in [2.24, 2.45) is 11.8 Å². The summed E-state index contributed by atoms with van der Waals surface area (Å²) in [4.78, 5) is 7.13. The van der Waals surface area contributed by atoms with Crippen LogP contribution in [0.1, 0.15) is 5.69 Å². The monoisotopic (exact) mass is 250 g/mol. The van der Waals surface area contributed by atoms with Gasteiger partial charge in [0.15, 0.2) is 0 Å². The summed E-state index contributed by atoms with van der Waals surface area (Å²) in [6.45, 7) is 8.30. The zero-order chi connectivity index (χ0) is 12.5. The van der Waals surface area contributed by atoms with Crippen LogP contribution in [-0.2, 0) is 11.3 Å². The predicted octanol–water partition coefficient (Wildman–Crippen LogP) is 0.494. The third kappa shape index (κ3) is 2.12.